The fraction of sp³-hybridized carbons (Fsp3) is 0.571. The van der Waals surface area contributed by atoms with Gasteiger partial charge in [-0.1, -0.05) is 39.8 Å². The van der Waals surface area contributed by atoms with Crippen molar-refractivity contribution in [2.75, 3.05) is 16.8 Å². The number of rotatable bonds is 7. The van der Waals surface area contributed by atoms with Crippen LogP contribution in [-0.4, -0.2) is 43.9 Å². The van der Waals surface area contributed by atoms with Crippen LogP contribution in [0.25, 0.3) is 0 Å². The minimum absolute atomic E-state index is 0.0411. The van der Waals surface area contributed by atoms with E-state index in [2.05, 4.69) is 38.3 Å². The van der Waals surface area contributed by atoms with Crippen LogP contribution in [0.4, 0.5) is 5.00 Å². The van der Waals surface area contributed by atoms with E-state index in [0.29, 0.717) is 28.7 Å². The van der Waals surface area contributed by atoms with Gasteiger partial charge in [0.2, 0.25) is 0 Å². The summed E-state index contributed by atoms with van der Waals surface area (Å²) in [6, 6.07) is 7.26. The number of nitrogens with one attached hydrogen (secondary N) is 2. The van der Waals surface area contributed by atoms with Gasteiger partial charge in [-0.05, 0) is 73.6 Å². The maximum Gasteiger partial charge on any atom is 0.265 e. The van der Waals surface area contributed by atoms with Gasteiger partial charge in [0, 0.05) is 10.9 Å². The molecule has 0 spiro atoms. The monoisotopic (exact) mass is 546 g/mol. The van der Waals surface area contributed by atoms with E-state index in [0.717, 1.165) is 36.1 Å². The van der Waals surface area contributed by atoms with Crippen LogP contribution in [0.3, 0.4) is 0 Å². The molecule has 2 aliphatic rings. The van der Waals surface area contributed by atoms with Crippen molar-refractivity contribution in [3.05, 3.63) is 45.8 Å². The number of carbonyl (C=O) groups is 2. The molecule has 2 heterocycles. The van der Waals surface area contributed by atoms with E-state index < -0.39 is 22.0 Å². The Morgan fingerprint density at radius 3 is 2.46 bits per heavy atom. The fourth-order valence-electron chi connectivity index (χ4n) is 5.09. The molecule has 7 nitrogen and oxygen atoms in total. The molecule has 1 aliphatic carbocycles. The molecule has 0 saturated carbocycles. The van der Waals surface area contributed by atoms with Crippen LogP contribution < -0.4 is 15.4 Å². The van der Waals surface area contributed by atoms with Gasteiger partial charge in [0.25, 0.3) is 11.8 Å². The zero-order valence-corrected chi connectivity index (χ0v) is 24.0. The van der Waals surface area contributed by atoms with Crippen LogP contribution in [0.5, 0.6) is 5.75 Å². The molecule has 37 heavy (non-hydrogen) atoms. The smallest absolute Gasteiger partial charge is 0.265 e. The second-order valence-electron chi connectivity index (χ2n) is 11.3. The van der Waals surface area contributed by atoms with E-state index in [9.17, 15) is 18.0 Å². The van der Waals surface area contributed by atoms with Crippen molar-refractivity contribution in [3.8, 4) is 5.75 Å². The number of amides is 2. The highest BCUT2D eigenvalue weighted by Gasteiger charge is 2.36. The molecular weight excluding hydrogens is 508 g/mol. The van der Waals surface area contributed by atoms with E-state index in [1.165, 1.54) is 16.9 Å². The molecule has 1 aliphatic heterocycles. The van der Waals surface area contributed by atoms with Gasteiger partial charge < -0.3 is 15.4 Å². The molecule has 4 rings (SSSR count). The first kappa shape index (κ1) is 27.6. The van der Waals surface area contributed by atoms with Crippen molar-refractivity contribution in [2.45, 2.75) is 78.9 Å². The molecule has 0 bridgehead atoms. The van der Waals surface area contributed by atoms with Crippen LogP contribution in [0.2, 0.25) is 0 Å². The van der Waals surface area contributed by atoms with Crippen LogP contribution in [-0.2, 0) is 33.9 Å². The van der Waals surface area contributed by atoms with Crippen molar-refractivity contribution in [3.63, 3.8) is 0 Å². The average molecular weight is 547 g/mol. The molecule has 2 aromatic rings. The number of hydrogen-bond donors (Lipinski definition) is 2. The third-order valence-corrected chi connectivity index (χ3v) is 10.5. The van der Waals surface area contributed by atoms with Crippen molar-refractivity contribution in [2.24, 2.45) is 11.3 Å². The summed E-state index contributed by atoms with van der Waals surface area (Å²) in [5.41, 5.74) is 2.78. The summed E-state index contributed by atoms with van der Waals surface area (Å²) in [5, 5.41) is 6.40. The number of aryl methyl sites for hydroxylation is 1. The van der Waals surface area contributed by atoms with E-state index in [1.54, 1.807) is 6.92 Å². The van der Waals surface area contributed by atoms with Crippen LogP contribution in [0.1, 0.15) is 73.8 Å². The normalized spacial score (nSPS) is 21.6. The molecule has 0 radical (unpaired) electrons. The molecule has 1 fully saturated rings. The number of fused-ring (bicyclic) bond motifs is 1. The van der Waals surface area contributed by atoms with Gasteiger partial charge in [-0.2, -0.15) is 0 Å². The molecule has 9 heteroatoms. The van der Waals surface area contributed by atoms with Crippen LogP contribution in [0, 0.1) is 11.3 Å². The lowest BCUT2D eigenvalue weighted by atomic mass is 9.72. The first-order chi connectivity index (χ1) is 17.4. The number of carbonyl (C=O) groups excluding carboxylic acids is 2. The van der Waals surface area contributed by atoms with Crippen molar-refractivity contribution in [1.82, 2.24) is 5.32 Å². The largest absolute Gasteiger partial charge is 0.481 e. The zero-order valence-electron chi connectivity index (χ0n) is 22.3. The Morgan fingerprint density at radius 1 is 1.16 bits per heavy atom. The second kappa shape index (κ2) is 10.8. The number of sulfone groups is 1. The van der Waals surface area contributed by atoms with Gasteiger partial charge in [0.15, 0.2) is 15.9 Å². The van der Waals surface area contributed by atoms with E-state index >= 15 is 0 Å². The summed E-state index contributed by atoms with van der Waals surface area (Å²) >= 11 is 1.46. The predicted octanol–water partition coefficient (Wildman–Crippen LogP) is 4.78. The maximum absolute atomic E-state index is 13.5. The Kier molecular flexibility index (Phi) is 8.04. The van der Waals surface area contributed by atoms with E-state index in [4.69, 9.17) is 4.74 Å². The summed E-state index contributed by atoms with van der Waals surface area (Å²) in [6.45, 7) is 10.5. The molecule has 1 aromatic carbocycles. The minimum atomic E-state index is -3.12. The molecule has 3 unspecified atom stereocenters. The lowest BCUT2D eigenvalue weighted by Crippen LogP contribution is -2.37. The summed E-state index contributed by atoms with van der Waals surface area (Å²) in [5.74, 6) is 0.492. The number of benzene rings is 1. The quantitative estimate of drug-likeness (QED) is 0.520. The third kappa shape index (κ3) is 6.55. The maximum atomic E-state index is 13.5. The number of anilines is 1. The lowest BCUT2D eigenvalue weighted by molar-refractivity contribution is -0.122. The summed E-state index contributed by atoms with van der Waals surface area (Å²) in [7, 11) is -3.12. The Hall–Kier alpha value is -2.39. The van der Waals surface area contributed by atoms with Crippen molar-refractivity contribution < 1.29 is 22.7 Å². The van der Waals surface area contributed by atoms with Crippen molar-refractivity contribution in [1.29, 1.82) is 0 Å². The predicted molar refractivity (Wildman–Crippen MR) is 148 cm³/mol. The van der Waals surface area contributed by atoms with Gasteiger partial charge in [-0.25, -0.2) is 8.42 Å². The molecule has 2 N–H and O–H groups in total. The lowest BCUT2D eigenvalue weighted by Gasteiger charge is -2.33. The number of hydrogen-bond acceptors (Lipinski definition) is 6. The Bertz CT molecular complexity index is 1260. The van der Waals surface area contributed by atoms with Gasteiger partial charge in [-0.15, -0.1) is 11.3 Å². The second-order valence-corrected chi connectivity index (χ2v) is 14.7. The molecule has 3 atom stereocenters. The third-order valence-electron chi connectivity index (χ3n) is 7.54. The van der Waals surface area contributed by atoms with Gasteiger partial charge in [0.05, 0.1) is 17.1 Å². The summed E-state index contributed by atoms with van der Waals surface area (Å²) < 4.78 is 29.7. The van der Waals surface area contributed by atoms with Crippen LogP contribution in [0.15, 0.2) is 24.3 Å². The van der Waals surface area contributed by atoms with Gasteiger partial charge >= 0.3 is 0 Å². The highest BCUT2D eigenvalue weighted by Crippen LogP contribution is 2.44. The highest BCUT2D eigenvalue weighted by molar-refractivity contribution is 7.91. The standard InChI is InChI=1S/C28H38N2O5S2/c1-6-18-7-10-21(11-8-18)35-17(2)25(31)30-27-24(26(32)29-20-13-14-37(33,34)16-20)22-12-9-19(28(3,4)5)15-23(22)36-27/h7-8,10-11,17,19-20H,6,9,12-16H2,1-5H3,(H,29,32)(H,30,31). The summed E-state index contributed by atoms with van der Waals surface area (Å²) in [6.07, 6.45) is 3.15. The number of ether oxygens (including phenoxy) is 1. The molecule has 2 amide bonds. The van der Waals surface area contributed by atoms with E-state index in [1.807, 2.05) is 24.3 Å². The first-order valence-electron chi connectivity index (χ1n) is 13.1. The number of thiophene rings is 1. The fourth-order valence-corrected chi connectivity index (χ4v) is 8.10. The highest BCUT2D eigenvalue weighted by atomic mass is 32.2. The Morgan fingerprint density at radius 2 is 1.86 bits per heavy atom. The summed E-state index contributed by atoms with van der Waals surface area (Å²) in [4.78, 5) is 27.7. The Labute approximate surface area is 224 Å². The van der Waals surface area contributed by atoms with Gasteiger partial charge in [0.1, 0.15) is 10.8 Å². The van der Waals surface area contributed by atoms with Crippen molar-refractivity contribution >= 4 is 38.0 Å². The first-order valence-corrected chi connectivity index (χ1v) is 15.7. The SMILES string of the molecule is CCc1ccc(OC(C)C(=O)Nc2sc3c(c2C(=O)NC2CCS(=O)(=O)C2)CCC(C(C)(C)C)C3)cc1. The molecular formula is C28H38N2O5S2. The van der Waals surface area contributed by atoms with Gasteiger partial charge in [-0.3, -0.25) is 9.59 Å². The topological polar surface area (TPSA) is 102 Å². The minimum Gasteiger partial charge on any atom is -0.481 e. The molecule has 202 valence electrons. The van der Waals surface area contributed by atoms with Crippen LogP contribution >= 0.6 is 11.3 Å². The van der Waals surface area contributed by atoms with E-state index in [-0.39, 0.29) is 28.7 Å². The Balaban J connectivity index is 1.56. The average Bonchev–Trinajstić information content (AvgIpc) is 3.36. The molecule has 1 aromatic heterocycles. The molecule has 1 saturated heterocycles. The zero-order chi connectivity index (χ0) is 27.0.